The van der Waals surface area contributed by atoms with Gasteiger partial charge in [0.2, 0.25) is 0 Å². The third-order valence-electron chi connectivity index (χ3n) is 3.63. The molecule has 1 amide bonds. The molecule has 0 aliphatic carbocycles. The van der Waals surface area contributed by atoms with E-state index in [-0.39, 0.29) is 18.1 Å². The fourth-order valence-electron chi connectivity index (χ4n) is 2.17. The van der Waals surface area contributed by atoms with Gasteiger partial charge in [0.25, 0.3) is 5.91 Å². The summed E-state index contributed by atoms with van der Waals surface area (Å²) in [5.41, 5.74) is 3.64. The van der Waals surface area contributed by atoms with E-state index < -0.39 is 5.97 Å². The van der Waals surface area contributed by atoms with Gasteiger partial charge in [-0.1, -0.05) is 24.3 Å². The molecule has 0 saturated heterocycles. The van der Waals surface area contributed by atoms with E-state index in [0.717, 1.165) is 16.7 Å². The van der Waals surface area contributed by atoms with E-state index >= 15 is 0 Å². The maximum Gasteiger partial charge on any atom is 0.262 e. The molecule has 1 N–H and O–H groups in total. The highest BCUT2D eigenvalue weighted by atomic mass is 16.5. The highest BCUT2D eigenvalue weighted by Gasteiger charge is 2.09. The van der Waals surface area contributed by atoms with Crippen molar-refractivity contribution in [3.63, 3.8) is 0 Å². The van der Waals surface area contributed by atoms with Crippen molar-refractivity contribution in [2.45, 2.75) is 20.8 Å². The van der Waals surface area contributed by atoms with Crippen molar-refractivity contribution in [1.29, 1.82) is 0 Å². The minimum absolute atomic E-state index is 0.0604. The lowest BCUT2D eigenvalue weighted by Crippen LogP contribution is -2.23. The van der Waals surface area contributed by atoms with Gasteiger partial charge in [-0.2, -0.15) is 0 Å². The largest absolute Gasteiger partial charge is 0.545 e. The minimum atomic E-state index is -1.25. The first kappa shape index (κ1) is 16.5. The predicted molar refractivity (Wildman–Crippen MR) is 85.6 cm³/mol. The molecule has 0 aliphatic rings. The molecule has 0 radical (unpaired) electrons. The molecule has 0 unspecified atom stereocenters. The Labute approximate surface area is 134 Å². The SMILES string of the molecule is Cc1ccc(C)c(OCC(=O)Nc2ccc(C(=O)[O-])cc2)c1C. The third kappa shape index (κ3) is 4.10. The molecule has 2 rings (SSSR count). The van der Waals surface area contributed by atoms with E-state index in [1.807, 2.05) is 32.9 Å². The summed E-state index contributed by atoms with van der Waals surface area (Å²) in [5, 5.41) is 13.3. The lowest BCUT2D eigenvalue weighted by Gasteiger charge is -2.14. The molecular weight excluding hydrogens is 294 g/mol. The van der Waals surface area contributed by atoms with Crippen molar-refractivity contribution >= 4 is 17.6 Å². The molecule has 5 nitrogen and oxygen atoms in total. The first-order valence-corrected chi connectivity index (χ1v) is 7.19. The number of carboxylic acids is 1. The first-order chi connectivity index (χ1) is 10.9. The van der Waals surface area contributed by atoms with E-state index in [4.69, 9.17) is 4.74 Å². The zero-order valence-electron chi connectivity index (χ0n) is 13.3. The molecule has 0 bridgehead atoms. The number of carbonyl (C=O) groups is 2. The Morgan fingerprint density at radius 2 is 1.61 bits per heavy atom. The molecular formula is C18H18NO4-. The summed E-state index contributed by atoms with van der Waals surface area (Å²) in [6.45, 7) is 5.75. The van der Waals surface area contributed by atoms with E-state index in [0.29, 0.717) is 11.4 Å². The van der Waals surface area contributed by atoms with E-state index in [1.54, 1.807) is 0 Å². The van der Waals surface area contributed by atoms with Crippen molar-refractivity contribution in [2.75, 3.05) is 11.9 Å². The second kappa shape index (κ2) is 6.96. The summed E-state index contributed by atoms with van der Waals surface area (Å²) in [5.74, 6) is -0.851. The molecule has 2 aromatic carbocycles. The Hall–Kier alpha value is -2.82. The number of hydrogen-bond acceptors (Lipinski definition) is 4. The Morgan fingerprint density at radius 3 is 2.22 bits per heavy atom. The third-order valence-corrected chi connectivity index (χ3v) is 3.63. The standard InChI is InChI=1S/C18H19NO4/c1-11-4-5-12(2)17(13(11)3)23-10-16(20)19-15-8-6-14(7-9-15)18(21)22/h4-9H,10H2,1-3H3,(H,19,20)(H,21,22)/p-1. The number of amides is 1. The van der Waals surface area contributed by atoms with Crippen molar-refractivity contribution < 1.29 is 19.4 Å². The highest BCUT2D eigenvalue weighted by molar-refractivity contribution is 5.93. The van der Waals surface area contributed by atoms with Gasteiger partial charge in [0.05, 0.1) is 5.97 Å². The summed E-state index contributed by atoms with van der Waals surface area (Å²) >= 11 is 0. The van der Waals surface area contributed by atoms with Crippen LogP contribution in [0.4, 0.5) is 5.69 Å². The number of aryl methyl sites for hydroxylation is 2. The smallest absolute Gasteiger partial charge is 0.262 e. The van der Waals surface area contributed by atoms with Crippen LogP contribution in [0.25, 0.3) is 0 Å². The van der Waals surface area contributed by atoms with Crippen LogP contribution in [-0.2, 0) is 4.79 Å². The van der Waals surface area contributed by atoms with Crippen LogP contribution in [-0.4, -0.2) is 18.5 Å². The summed E-state index contributed by atoms with van der Waals surface area (Å²) in [7, 11) is 0. The number of anilines is 1. The Morgan fingerprint density at radius 1 is 1.00 bits per heavy atom. The summed E-state index contributed by atoms with van der Waals surface area (Å²) in [4.78, 5) is 22.6. The predicted octanol–water partition coefficient (Wildman–Crippen LogP) is 1.99. The van der Waals surface area contributed by atoms with Gasteiger partial charge >= 0.3 is 0 Å². The van der Waals surface area contributed by atoms with Crippen molar-refractivity contribution in [3.05, 3.63) is 58.7 Å². The van der Waals surface area contributed by atoms with Gasteiger partial charge in [-0.15, -0.1) is 0 Å². The normalized spacial score (nSPS) is 10.2. The van der Waals surface area contributed by atoms with Crippen molar-refractivity contribution in [2.24, 2.45) is 0 Å². The molecule has 23 heavy (non-hydrogen) atoms. The van der Waals surface area contributed by atoms with Gasteiger partial charge < -0.3 is 20.0 Å². The van der Waals surface area contributed by atoms with Crippen LogP contribution in [0.5, 0.6) is 5.75 Å². The number of aromatic carboxylic acids is 1. The van der Waals surface area contributed by atoms with Gasteiger partial charge in [-0.3, -0.25) is 4.79 Å². The maximum absolute atomic E-state index is 11.9. The van der Waals surface area contributed by atoms with Gasteiger partial charge in [0.15, 0.2) is 6.61 Å². The molecule has 0 saturated carbocycles. The average Bonchev–Trinajstić information content (AvgIpc) is 2.51. The monoisotopic (exact) mass is 312 g/mol. The zero-order chi connectivity index (χ0) is 17.0. The van der Waals surface area contributed by atoms with E-state index in [2.05, 4.69) is 5.32 Å². The Bertz CT molecular complexity index is 735. The molecule has 0 aromatic heterocycles. The number of hydrogen-bond donors (Lipinski definition) is 1. The fourth-order valence-corrected chi connectivity index (χ4v) is 2.17. The Kier molecular flexibility index (Phi) is 5.01. The molecule has 2 aromatic rings. The van der Waals surface area contributed by atoms with E-state index in [1.165, 1.54) is 24.3 Å². The average molecular weight is 312 g/mol. The zero-order valence-corrected chi connectivity index (χ0v) is 13.3. The van der Waals surface area contributed by atoms with Gasteiger partial charge in [0.1, 0.15) is 5.75 Å². The van der Waals surface area contributed by atoms with Crippen molar-refractivity contribution in [3.8, 4) is 5.75 Å². The maximum atomic E-state index is 11.9. The number of benzene rings is 2. The highest BCUT2D eigenvalue weighted by Crippen LogP contribution is 2.25. The fraction of sp³-hybridized carbons (Fsp3) is 0.222. The van der Waals surface area contributed by atoms with Gasteiger partial charge in [-0.25, -0.2) is 0 Å². The quantitative estimate of drug-likeness (QED) is 0.916. The van der Waals surface area contributed by atoms with E-state index in [9.17, 15) is 14.7 Å². The minimum Gasteiger partial charge on any atom is -0.545 e. The summed E-state index contributed by atoms with van der Waals surface area (Å²) in [6, 6.07) is 9.73. The van der Waals surface area contributed by atoms with Crippen LogP contribution in [0.1, 0.15) is 27.0 Å². The first-order valence-electron chi connectivity index (χ1n) is 7.19. The molecule has 0 heterocycles. The topological polar surface area (TPSA) is 78.5 Å². The second-order valence-electron chi connectivity index (χ2n) is 5.36. The van der Waals surface area contributed by atoms with Crippen LogP contribution < -0.4 is 15.2 Å². The van der Waals surface area contributed by atoms with Gasteiger partial charge in [-0.05, 0) is 55.2 Å². The van der Waals surface area contributed by atoms with Crippen LogP contribution >= 0.6 is 0 Å². The molecule has 0 spiro atoms. The lowest BCUT2D eigenvalue weighted by atomic mass is 10.1. The van der Waals surface area contributed by atoms with Crippen LogP contribution in [0.3, 0.4) is 0 Å². The van der Waals surface area contributed by atoms with Gasteiger partial charge in [0, 0.05) is 5.69 Å². The summed E-state index contributed by atoms with van der Waals surface area (Å²) < 4.78 is 5.63. The van der Waals surface area contributed by atoms with Crippen molar-refractivity contribution in [1.82, 2.24) is 0 Å². The number of carboxylic acid groups (broad SMARTS) is 1. The molecule has 120 valence electrons. The number of rotatable bonds is 5. The number of nitrogens with one attached hydrogen (secondary N) is 1. The Balaban J connectivity index is 1.98. The second-order valence-corrected chi connectivity index (χ2v) is 5.36. The number of ether oxygens (including phenoxy) is 1. The lowest BCUT2D eigenvalue weighted by molar-refractivity contribution is -0.255. The molecule has 0 atom stereocenters. The van der Waals surface area contributed by atoms with Crippen LogP contribution in [0, 0.1) is 20.8 Å². The van der Waals surface area contributed by atoms with Crippen LogP contribution in [0.15, 0.2) is 36.4 Å². The molecule has 5 heteroatoms. The summed E-state index contributed by atoms with van der Waals surface area (Å²) in [6.07, 6.45) is 0. The number of carbonyl (C=O) groups excluding carboxylic acids is 2. The molecule has 0 fully saturated rings. The molecule has 0 aliphatic heterocycles. The van der Waals surface area contributed by atoms with Crippen LogP contribution in [0.2, 0.25) is 0 Å².